The molecule has 0 nitrogen and oxygen atoms in total. The van der Waals surface area contributed by atoms with Crippen molar-refractivity contribution in [1.29, 1.82) is 0 Å². The molecule has 0 fully saturated rings. The van der Waals surface area contributed by atoms with E-state index in [1.807, 2.05) is 0 Å². The standard InChI is InChI=1S/Al.Ba.H3Si.Sr.6H/h;;1H3;;;;;;;. The second kappa shape index (κ2) is 15.8. The van der Waals surface area contributed by atoms with E-state index < -0.39 is 0 Å². The summed E-state index contributed by atoms with van der Waals surface area (Å²) in [6, 6.07) is 0. The van der Waals surface area contributed by atoms with Crippen LogP contribution in [-0.4, -0.2) is 119 Å². The summed E-state index contributed by atoms with van der Waals surface area (Å²) >= 11 is 1.44. The molecule has 0 spiro atoms. The first-order chi connectivity index (χ1) is 1.00. The quantitative estimate of drug-likeness (QED) is 0.400. The molecule has 20 valence electrons. The fraction of sp³-hybridized carbons (Fsp3) is 0. The third-order valence-electron chi connectivity index (χ3n) is 0. The Balaban J connectivity index is -0.00000000500. The monoisotopic (exact) mass is 290 g/mol. The maximum absolute atomic E-state index is 1.44. The second-order valence-corrected chi connectivity index (χ2v) is 0. The molecule has 0 aliphatic carbocycles. The van der Waals surface area contributed by atoms with E-state index in [-0.39, 0.29) is 94.4 Å². The Morgan fingerprint density at radius 2 is 1.25 bits per heavy atom. The zero-order valence-electron chi connectivity index (χ0n) is 2.00. The minimum absolute atomic E-state index is 0. The molecule has 0 rings (SSSR count). The van der Waals surface area contributed by atoms with Crippen LogP contribution in [0, 0.1) is 0 Å². The molecule has 0 heterocycles. The van der Waals surface area contributed by atoms with Crippen LogP contribution in [0.25, 0.3) is 0 Å². The first kappa shape index (κ1) is 15.7. The summed E-state index contributed by atoms with van der Waals surface area (Å²) in [5.74, 6) is 0. The van der Waals surface area contributed by atoms with Gasteiger partial charge >= 0.3 is 94.4 Å². The van der Waals surface area contributed by atoms with Gasteiger partial charge in [-0.25, -0.2) is 0 Å². The fourth-order valence-electron chi connectivity index (χ4n) is 0. The molecule has 0 aromatic heterocycles. The first-order valence-corrected chi connectivity index (χ1v) is 9.00. The summed E-state index contributed by atoms with van der Waals surface area (Å²) in [5.41, 5.74) is 0. The molecule has 0 saturated carbocycles. The Morgan fingerprint density at radius 3 is 1.25 bits per heavy atom. The molecule has 0 saturated heterocycles. The van der Waals surface area contributed by atoms with Crippen molar-refractivity contribution in [2.75, 3.05) is 0 Å². The van der Waals surface area contributed by atoms with E-state index in [4.69, 9.17) is 0 Å². The SMILES string of the molecule is [AlH2][SiH3].[BaH2].[SrH2]. The van der Waals surface area contributed by atoms with Gasteiger partial charge in [0, 0.05) is 0 Å². The minimum atomic E-state index is 0. The van der Waals surface area contributed by atoms with E-state index in [0.717, 1.165) is 0 Å². The molecule has 0 unspecified atom stereocenters. The molecule has 0 atom stereocenters. The summed E-state index contributed by atoms with van der Waals surface area (Å²) in [6.07, 6.45) is 0. The van der Waals surface area contributed by atoms with Gasteiger partial charge in [0.05, 0.1) is 0 Å². The second-order valence-electron chi connectivity index (χ2n) is 0. The van der Waals surface area contributed by atoms with Gasteiger partial charge in [0.15, 0.2) is 15.6 Å². The van der Waals surface area contributed by atoms with Crippen molar-refractivity contribution >= 4 is 119 Å². The Labute approximate surface area is 115 Å². The van der Waals surface area contributed by atoms with Gasteiger partial charge in [-0.2, -0.15) is 0 Å². The molecule has 0 aliphatic heterocycles. The number of hydrogen-bond donors (Lipinski definition) is 0. The zero-order chi connectivity index (χ0) is 2.00. The van der Waals surface area contributed by atoms with Crippen molar-refractivity contribution < 1.29 is 0 Å². The molecule has 0 radical (unpaired) electrons. The van der Waals surface area contributed by atoms with Gasteiger partial charge in [-0.1, -0.05) is 8.80 Å². The number of rotatable bonds is 0. The summed E-state index contributed by atoms with van der Waals surface area (Å²) in [6.45, 7) is 0. The molecule has 0 aromatic rings. The summed E-state index contributed by atoms with van der Waals surface area (Å²) in [5, 5.41) is 0. The van der Waals surface area contributed by atoms with Crippen LogP contribution in [0.1, 0.15) is 0 Å². The topological polar surface area (TPSA) is 0 Å². The van der Waals surface area contributed by atoms with Crippen molar-refractivity contribution in [2.45, 2.75) is 0 Å². The van der Waals surface area contributed by atoms with Crippen LogP contribution in [0.15, 0.2) is 0 Å². The van der Waals surface area contributed by atoms with Gasteiger partial charge in [0.1, 0.15) is 0 Å². The molecule has 0 N–H and O–H groups in total. The van der Waals surface area contributed by atoms with E-state index >= 15 is 0 Å². The Kier molecular flexibility index (Phi) is 62.0. The van der Waals surface area contributed by atoms with E-state index in [9.17, 15) is 0 Å². The van der Waals surface area contributed by atoms with E-state index in [2.05, 4.69) is 0 Å². The van der Waals surface area contributed by atoms with Gasteiger partial charge in [-0.3, -0.25) is 0 Å². The van der Waals surface area contributed by atoms with Crippen molar-refractivity contribution in [3.63, 3.8) is 0 Å². The van der Waals surface area contributed by atoms with Crippen LogP contribution in [0.2, 0.25) is 0 Å². The van der Waals surface area contributed by atoms with Gasteiger partial charge in [-0.15, -0.1) is 0 Å². The van der Waals surface area contributed by atoms with E-state index in [1.54, 1.807) is 0 Å². The molecule has 4 heavy (non-hydrogen) atoms. The van der Waals surface area contributed by atoms with Gasteiger partial charge in [-0.05, 0) is 0 Å². The van der Waals surface area contributed by atoms with Crippen molar-refractivity contribution in [3.05, 3.63) is 0 Å². The van der Waals surface area contributed by atoms with Crippen molar-refractivity contribution in [1.82, 2.24) is 0 Å². The molecule has 4 heteroatoms. The molecule has 0 aromatic carbocycles. The zero-order valence-corrected chi connectivity index (χ0v) is 6.00. The summed E-state index contributed by atoms with van der Waals surface area (Å²) in [4.78, 5) is 0. The average molecular weight is 289 g/mol. The maximum atomic E-state index is 1.44. The van der Waals surface area contributed by atoms with Crippen LogP contribution < -0.4 is 0 Å². The Hall–Kier alpha value is 3.80. The fourth-order valence-corrected chi connectivity index (χ4v) is 0. The molecule has 0 bridgehead atoms. The molecule has 0 aliphatic rings. The van der Waals surface area contributed by atoms with Gasteiger partial charge in [0.25, 0.3) is 0 Å². The average Bonchev–Trinajstić information content (AvgIpc) is 1.00. The van der Waals surface area contributed by atoms with Crippen LogP contribution in [0.5, 0.6) is 0 Å². The Morgan fingerprint density at radius 1 is 1.25 bits per heavy atom. The third kappa shape index (κ3) is 9.26. The molecule has 0 amide bonds. The predicted molar refractivity (Wildman–Crippen MR) is 35.6 cm³/mol. The third-order valence-corrected chi connectivity index (χ3v) is 0. The van der Waals surface area contributed by atoms with Crippen LogP contribution in [-0.2, 0) is 0 Å². The van der Waals surface area contributed by atoms with E-state index in [0.29, 0.717) is 0 Å². The van der Waals surface area contributed by atoms with Gasteiger partial charge < -0.3 is 0 Å². The van der Waals surface area contributed by atoms with E-state index in [1.165, 1.54) is 24.4 Å². The van der Waals surface area contributed by atoms with Crippen LogP contribution >= 0.6 is 0 Å². The predicted octanol–water partition coefficient (Wildman–Crippen LogP) is -3.93. The first-order valence-electron chi connectivity index (χ1n) is 1.00. The summed E-state index contributed by atoms with van der Waals surface area (Å²) in [7, 11) is 1.44. The summed E-state index contributed by atoms with van der Waals surface area (Å²) < 4.78 is 0. The van der Waals surface area contributed by atoms with Crippen molar-refractivity contribution in [3.8, 4) is 0 Å². The molecular weight excluding hydrogens is 280 g/mol. The number of hydrogen-bond acceptors (Lipinski definition) is 0. The van der Waals surface area contributed by atoms with Crippen LogP contribution in [0.3, 0.4) is 0 Å². The molecular formula is H9AlBaSiSr. The Bertz CT molecular complexity index is 8.00. The van der Waals surface area contributed by atoms with Crippen LogP contribution in [0.4, 0.5) is 0 Å². The van der Waals surface area contributed by atoms with Crippen molar-refractivity contribution in [2.24, 2.45) is 0 Å². The van der Waals surface area contributed by atoms with Gasteiger partial charge in [0.2, 0.25) is 0 Å². The normalized spacial score (nSPS) is 2.00.